The molecule has 0 amide bonds. The second kappa shape index (κ2) is 6.93. The highest BCUT2D eigenvalue weighted by molar-refractivity contribution is 5.35. The molecule has 0 saturated carbocycles. The number of piperidine rings is 2. The van der Waals surface area contributed by atoms with Crippen molar-refractivity contribution >= 4 is 0 Å². The zero-order valence-electron chi connectivity index (χ0n) is 13.7. The first-order chi connectivity index (χ1) is 10.2. The van der Waals surface area contributed by atoms with Gasteiger partial charge in [0.05, 0.1) is 0 Å². The van der Waals surface area contributed by atoms with Gasteiger partial charge in [-0.3, -0.25) is 4.90 Å². The quantitative estimate of drug-likeness (QED) is 0.908. The molecule has 2 aliphatic heterocycles. The van der Waals surface area contributed by atoms with Gasteiger partial charge in [-0.05, 0) is 76.2 Å². The summed E-state index contributed by atoms with van der Waals surface area (Å²) in [4.78, 5) is 2.69. The molecule has 0 spiro atoms. The largest absolute Gasteiger partial charge is 0.317 e. The maximum atomic E-state index is 3.50. The summed E-state index contributed by atoms with van der Waals surface area (Å²) in [6, 6.07) is 7.91. The molecule has 0 aromatic heterocycles. The molecule has 0 bridgehead atoms. The maximum absolute atomic E-state index is 3.50. The van der Waals surface area contributed by atoms with Crippen LogP contribution in [-0.4, -0.2) is 30.6 Å². The molecule has 1 unspecified atom stereocenters. The Morgan fingerprint density at radius 2 is 1.95 bits per heavy atom. The third kappa shape index (κ3) is 3.67. The molecule has 0 radical (unpaired) electrons. The van der Waals surface area contributed by atoms with Crippen LogP contribution in [0.1, 0.15) is 61.6 Å². The van der Waals surface area contributed by atoms with Crippen molar-refractivity contribution in [1.82, 2.24) is 10.2 Å². The van der Waals surface area contributed by atoms with E-state index >= 15 is 0 Å². The molecule has 1 N–H and O–H groups in total. The van der Waals surface area contributed by atoms with E-state index in [0.717, 1.165) is 18.5 Å². The van der Waals surface area contributed by atoms with Crippen LogP contribution in [0, 0.1) is 6.92 Å². The van der Waals surface area contributed by atoms with Crippen molar-refractivity contribution < 1.29 is 0 Å². The first-order valence-corrected chi connectivity index (χ1v) is 8.78. The minimum atomic E-state index is 0.751. The molecule has 2 heterocycles. The van der Waals surface area contributed by atoms with Gasteiger partial charge in [-0.25, -0.2) is 0 Å². The topological polar surface area (TPSA) is 15.3 Å². The van der Waals surface area contributed by atoms with E-state index in [4.69, 9.17) is 0 Å². The summed E-state index contributed by atoms with van der Waals surface area (Å²) < 4.78 is 0. The number of rotatable bonds is 3. The van der Waals surface area contributed by atoms with Crippen molar-refractivity contribution in [2.75, 3.05) is 19.6 Å². The zero-order chi connectivity index (χ0) is 14.7. The van der Waals surface area contributed by atoms with Crippen molar-refractivity contribution in [2.24, 2.45) is 0 Å². The summed E-state index contributed by atoms with van der Waals surface area (Å²) in [6.07, 6.45) is 6.75. The van der Waals surface area contributed by atoms with Crippen LogP contribution in [0.5, 0.6) is 0 Å². The molecule has 2 fully saturated rings. The van der Waals surface area contributed by atoms with Gasteiger partial charge in [0.1, 0.15) is 0 Å². The van der Waals surface area contributed by atoms with E-state index in [0.29, 0.717) is 0 Å². The summed E-state index contributed by atoms with van der Waals surface area (Å²) >= 11 is 0. The van der Waals surface area contributed by atoms with Gasteiger partial charge < -0.3 is 5.32 Å². The number of aryl methyl sites for hydroxylation is 1. The third-order valence-corrected chi connectivity index (χ3v) is 5.39. The van der Waals surface area contributed by atoms with E-state index in [-0.39, 0.29) is 0 Å². The van der Waals surface area contributed by atoms with Gasteiger partial charge in [-0.2, -0.15) is 0 Å². The van der Waals surface area contributed by atoms with E-state index in [1.165, 1.54) is 57.3 Å². The highest BCUT2D eigenvalue weighted by Crippen LogP contribution is 2.31. The van der Waals surface area contributed by atoms with Crippen molar-refractivity contribution in [3.8, 4) is 0 Å². The molecule has 1 atom stereocenters. The van der Waals surface area contributed by atoms with E-state index < -0.39 is 0 Å². The average Bonchev–Trinajstić information content (AvgIpc) is 2.52. The van der Waals surface area contributed by atoms with E-state index in [2.05, 4.69) is 42.3 Å². The Morgan fingerprint density at radius 1 is 1.14 bits per heavy atom. The van der Waals surface area contributed by atoms with Gasteiger partial charge in [-0.1, -0.05) is 30.2 Å². The summed E-state index contributed by atoms with van der Waals surface area (Å²) in [5.74, 6) is 0.765. The normalized spacial score (nSPS) is 25.1. The van der Waals surface area contributed by atoms with Gasteiger partial charge in [0.15, 0.2) is 0 Å². The molecule has 2 nitrogen and oxygen atoms in total. The lowest BCUT2D eigenvalue weighted by molar-refractivity contribution is 0.152. The fourth-order valence-corrected chi connectivity index (χ4v) is 3.98. The third-order valence-electron chi connectivity index (χ3n) is 5.39. The minimum Gasteiger partial charge on any atom is -0.317 e. The Balaban J connectivity index is 1.80. The number of hydrogen-bond acceptors (Lipinski definition) is 2. The number of likely N-dealkylation sites (tertiary alicyclic amines) is 1. The van der Waals surface area contributed by atoms with Crippen LogP contribution in [0.3, 0.4) is 0 Å². The summed E-state index contributed by atoms with van der Waals surface area (Å²) in [5, 5.41) is 3.50. The Bertz CT molecular complexity index is 463. The summed E-state index contributed by atoms with van der Waals surface area (Å²) in [7, 11) is 0. The molecule has 0 aliphatic carbocycles. The fourth-order valence-electron chi connectivity index (χ4n) is 3.98. The minimum absolute atomic E-state index is 0.751. The van der Waals surface area contributed by atoms with Gasteiger partial charge in [0, 0.05) is 12.6 Å². The second-order valence-corrected chi connectivity index (χ2v) is 7.04. The van der Waals surface area contributed by atoms with Gasteiger partial charge in [-0.15, -0.1) is 0 Å². The van der Waals surface area contributed by atoms with Crippen LogP contribution in [0.2, 0.25) is 0 Å². The Kier molecular flexibility index (Phi) is 4.97. The van der Waals surface area contributed by atoms with E-state index in [1.54, 1.807) is 11.1 Å². The number of nitrogens with zero attached hydrogens (tertiary/aromatic N) is 1. The van der Waals surface area contributed by atoms with Crippen molar-refractivity contribution in [3.63, 3.8) is 0 Å². The SMILES string of the molecule is Cc1ccc(CN2CCCCC2C)c(C2CCNCC2)c1. The second-order valence-electron chi connectivity index (χ2n) is 7.04. The van der Waals surface area contributed by atoms with Crippen LogP contribution in [0.25, 0.3) is 0 Å². The molecule has 2 heteroatoms. The van der Waals surface area contributed by atoms with Gasteiger partial charge in [0.25, 0.3) is 0 Å². The lowest BCUT2D eigenvalue weighted by atomic mass is 9.85. The van der Waals surface area contributed by atoms with Crippen molar-refractivity contribution in [3.05, 3.63) is 34.9 Å². The Morgan fingerprint density at radius 3 is 2.71 bits per heavy atom. The van der Waals surface area contributed by atoms with Gasteiger partial charge >= 0.3 is 0 Å². The molecule has 21 heavy (non-hydrogen) atoms. The molecule has 116 valence electrons. The van der Waals surface area contributed by atoms with Crippen LogP contribution in [0.15, 0.2) is 18.2 Å². The molecular weight excluding hydrogens is 256 g/mol. The van der Waals surface area contributed by atoms with Crippen LogP contribution in [-0.2, 0) is 6.54 Å². The van der Waals surface area contributed by atoms with Crippen molar-refractivity contribution in [2.45, 2.75) is 64.5 Å². The lowest BCUT2D eigenvalue weighted by Gasteiger charge is -2.35. The van der Waals surface area contributed by atoms with Crippen LogP contribution >= 0.6 is 0 Å². The molecular formula is C19H30N2. The number of nitrogens with one attached hydrogen (secondary N) is 1. The molecule has 1 aromatic carbocycles. The average molecular weight is 286 g/mol. The molecule has 1 aromatic rings. The van der Waals surface area contributed by atoms with E-state index in [9.17, 15) is 0 Å². The lowest BCUT2D eigenvalue weighted by Crippen LogP contribution is -2.37. The smallest absolute Gasteiger partial charge is 0.0239 e. The highest BCUT2D eigenvalue weighted by atomic mass is 15.2. The number of hydrogen-bond donors (Lipinski definition) is 1. The summed E-state index contributed by atoms with van der Waals surface area (Å²) in [5.41, 5.74) is 4.63. The zero-order valence-corrected chi connectivity index (χ0v) is 13.7. The predicted molar refractivity (Wildman–Crippen MR) is 89.7 cm³/mol. The molecule has 3 rings (SSSR count). The van der Waals surface area contributed by atoms with Crippen molar-refractivity contribution in [1.29, 1.82) is 0 Å². The standard InChI is InChI=1S/C19H30N2/c1-15-6-7-18(14-21-12-4-3-5-16(21)2)19(13-15)17-8-10-20-11-9-17/h6-7,13,16-17,20H,3-5,8-12,14H2,1-2H3. The van der Waals surface area contributed by atoms with Gasteiger partial charge in [0.2, 0.25) is 0 Å². The summed E-state index contributed by atoms with van der Waals surface area (Å²) in [6.45, 7) is 9.42. The Labute approximate surface area is 129 Å². The predicted octanol–water partition coefficient (Wildman–Crippen LogP) is 3.84. The molecule has 2 saturated heterocycles. The monoisotopic (exact) mass is 286 g/mol. The van der Waals surface area contributed by atoms with Crippen LogP contribution in [0.4, 0.5) is 0 Å². The first kappa shape index (κ1) is 15.1. The first-order valence-electron chi connectivity index (χ1n) is 8.78. The maximum Gasteiger partial charge on any atom is 0.0239 e. The Hall–Kier alpha value is -0.860. The fraction of sp³-hybridized carbons (Fsp3) is 0.684. The highest BCUT2D eigenvalue weighted by Gasteiger charge is 2.22. The van der Waals surface area contributed by atoms with Crippen LogP contribution < -0.4 is 5.32 Å². The molecule has 2 aliphatic rings. The van der Waals surface area contributed by atoms with E-state index in [1.807, 2.05) is 0 Å². The number of benzene rings is 1.